The molecule has 2 aromatic carbocycles. The number of anilines is 1. The molecule has 0 saturated heterocycles. The van der Waals surface area contributed by atoms with E-state index in [-0.39, 0.29) is 15.5 Å². The maximum absolute atomic E-state index is 12.6. The molecule has 0 heterocycles. The Bertz CT molecular complexity index is 962. The van der Waals surface area contributed by atoms with Gasteiger partial charge in [0, 0.05) is 6.26 Å². The Morgan fingerprint density at radius 2 is 1.48 bits per heavy atom. The van der Waals surface area contributed by atoms with Crippen molar-refractivity contribution in [2.45, 2.75) is 30.6 Å². The van der Waals surface area contributed by atoms with E-state index in [1.807, 2.05) is 6.92 Å². The summed E-state index contributed by atoms with van der Waals surface area (Å²) in [6, 6.07) is 9.43. The van der Waals surface area contributed by atoms with Crippen LogP contribution in [0.2, 0.25) is 0 Å². The molecule has 2 aromatic rings. The Morgan fingerprint density at radius 3 is 2.04 bits per heavy atom. The van der Waals surface area contributed by atoms with Crippen LogP contribution in [0.5, 0.6) is 0 Å². The van der Waals surface area contributed by atoms with Crippen LogP contribution < -0.4 is 4.72 Å². The molecular weight excluding hydrogens is 334 g/mol. The van der Waals surface area contributed by atoms with Crippen LogP contribution in [0.4, 0.5) is 5.69 Å². The van der Waals surface area contributed by atoms with Crippen molar-refractivity contribution in [2.24, 2.45) is 0 Å². The highest BCUT2D eigenvalue weighted by atomic mass is 32.2. The second-order valence-corrected chi connectivity index (χ2v) is 9.29. The van der Waals surface area contributed by atoms with E-state index in [0.29, 0.717) is 11.1 Å². The Morgan fingerprint density at radius 1 is 0.826 bits per heavy atom. The molecule has 124 valence electrons. The number of sulfone groups is 1. The molecule has 0 aromatic heterocycles. The fraction of sp³-hybridized carbons (Fsp3) is 0.250. The normalized spacial score (nSPS) is 12.2. The van der Waals surface area contributed by atoms with Crippen LogP contribution in [0.3, 0.4) is 0 Å². The average molecular weight is 353 g/mol. The first-order valence-corrected chi connectivity index (χ1v) is 10.3. The number of aryl methyl sites for hydroxylation is 3. The van der Waals surface area contributed by atoms with E-state index >= 15 is 0 Å². The highest BCUT2D eigenvalue weighted by molar-refractivity contribution is 7.92. The zero-order valence-electron chi connectivity index (χ0n) is 13.4. The Balaban J connectivity index is 2.49. The second kappa shape index (κ2) is 5.98. The minimum absolute atomic E-state index is 0.0708. The molecule has 0 atom stereocenters. The van der Waals surface area contributed by atoms with Gasteiger partial charge in [-0.15, -0.1) is 0 Å². The molecule has 0 spiro atoms. The smallest absolute Gasteiger partial charge is 0.262 e. The van der Waals surface area contributed by atoms with E-state index in [0.717, 1.165) is 11.8 Å². The van der Waals surface area contributed by atoms with E-state index in [9.17, 15) is 16.8 Å². The lowest BCUT2D eigenvalue weighted by Gasteiger charge is -2.13. The van der Waals surface area contributed by atoms with Gasteiger partial charge < -0.3 is 0 Å². The number of hydrogen-bond donors (Lipinski definition) is 1. The van der Waals surface area contributed by atoms with Crippen molar-refractivity contribution in [1.82, 2.24) is 0 Å². The van der Waals surface area contributed by atoms with Gasteiger partial charge in [-0.3, -0.25) is 4.72 Å². The predicted molar refractivity (Wildman–Crippen MR) is 91.0 cm³/mol. The van der Waals surface area contributed by atoms with Crippen LogP contribution in [-0.2, 0) is 19.9 Å². The summed E-state index contributed by atoms with van der Waals surface area (Å²) >= 11 is 0. The maximum Gasteiger partial charge on any atom is 0.262 e. The van der Waals surface area contributed by atoms with Crippen LogP contribution in [0.25, 0.3) is 0 Å². The number of sulfonamides is 1. The fourth-order valence-electron chi connectivity index (χ4n) is 2.24. The molecule has 0 fully saturated rings. The molecule has 0 saturated carbocycles. The summed E-state index contributed by atoms with van der Waals surface area (Å²) in [5, 5.41) is 0. The molecule has 0 unspecified atom stereocenters. The van der Waals surface area contributed by atoms with Crippen LogP contribution in [0.15, 0.2) is 46.2 Å². The summed E-state index contributed by atoms with van der Waals surface area (Å²) < 4.78 is 50.9. The van der Waals surface area contributed by atoms with Gasteiger partial charge in [-0.25, -0.2) is 16.8 Å². The average Bonchev–Trinajstić information content (AvgIpc) is 2.39. The lowest BCUT2D eigenvalue weighted by atomic mass is 10.2. The molecule has 0 aliphatic rings. The third-order valence-corrected chi connectivity index (χ3v) is 6.14. The highest BCUT2D eigenvalue weighted by Crippen LogP contribution is 2.25. The van der Waals surface area contributed by atoms with Gasteiger partial charge in [0.25, 0.3) is 10.0 Å². The van der Waals surface area contributed by atoms with E-state index in [2.05, 4.69) is 4.72 Å². The summed E-state index contributed by atoms with van der Waals surface area (Å²) in [6.07, 6.45) is 1.08. The molecular formula is C16H19NO4S2. The van der Waals surface area contributed by atoms with Gasteiger partial charge in [0.15, 0.2) is 9.84 Å². The Labute approximate surface area is 137 Å². The first kappa shape index (κ1) is 17.5. The van der Waals surface area contributed by atoms with Crippen LogP contribution in [0, 0.1) is 20.8 Å². The van der Waals surface area contributed by atoms with Gasteiger partial charge in [-0.05, 0) is 50.1 Å². The van der Waals surface area contributed by atoms with Crippen molar-refractivity contribution >= 4 is 25.5 Å². The quantitative estimate of drug-likeness (QED) is 0.916. The van der Waals surface area contributed by atoms with Gasteiger partial charge >= 0.3 is 0 Å². The number of benzene rings is 2. The molecule has 2 rings (SSSR count). The summed E-state index contributed by atoms with van der Waals surface area (Å²) in [5.74, 6) is 0. The van der Waals surface area contributed by atoms with Crippen LogP contribution >= 0.6 is 0 Å². The highest BCUT2D eigenvalue weighted by Gasteiger charge is 2.19. The van der Waals surface area contributed by atoms with Gasteiger partial charge in [0.2, 0.25) is 0 Å². The zero-order valence-corrected chi connectivity index (χ0v) is 15.0. The van der Waals surface area contributed by atoms with E-state index in [4.69, 9.17) is 0 Å². The molecule has 0 bridgehead atoms. The number of hydrogen-bond acceptors (Lipinski definition) is 4. The molecule has 1 N–H and O–H groups in total. The summed E-state index contributed by atoms with van der Waals surface area (Å²) in [5.41, 5.74) is 2.50. The molecule has 0 aliphatic heterocycles. The molecule has 7 heteroatoms. The number of rotatable bonds is 4. The third kappa shape index (κ3) is 3.92. The minimum Gasteiger partial charge on any atom is -0.279 e. The van der Waals surface area contributed by atoms with E-state index in [1.165, 1.54) is 12.1 Å². The molecule has 0 aliphatic carbocycles. The number of nitrogens with one attached hydrogen (secondary N) is 1. The largest absolute Gasteiger partial charge is 0.279 e. The first-order valence-electron chi connectivity index (χ1n) is 6.91. The van der Waals surface area contributed by atoms with Crippen molar-refractivity contribution in [3.8, 4) is 0 Å². The van der Waals surface area contributed by atoms with Gasteiger partial charge in [0.05, 0.1) is 15.5 Å². The molecule has 0 amide bonds. The maximum atomic E-state index is 12.6. The van der Waals surface area contributed by atoms with Crippen molar-refractivity contribution in [3.05, 3.63) is 53.1 Å². The standard InChI is InChI=1S/C16H19NO4S2/c1-11-5-8-16(13(3)9-11)23(20,21)17-15-10-14(22(4,18)19)7-6-12(15)2/h5-10,17H,1-4H3. The summed E-state index contributed by atoms with van der Waals surface area (Å²) in [6.45, 7) is 5.32. The van der Waals surface area contributed by atoms with Gasteiger partial charge in [-0.1, -0.05) is 23.8 Å². The first-order chi connectivity index (χ1) is 10.5. The molecule has 0 radical (unpaired) electrons. The van der Waals surface area contributed by atoms with Crippen molar-refractivity contribution in [1.29, 1.82) is 0 Å². The van der Waals surface area contributed by atoms with Crippen molar-refractivity contribution < 1.29 is 16.8 Å². The van der Waals surface area contributed by atoms with Crippen molar-refractivity contribution in [3.63, 3.8) is 0 Å². The molecule has 23 heavy (non-hydrogen) atoms. The Kier molecular flexibility index (Phi) is 4.54. The lowest BCUT2D eigenvalue weighted by Crippen LogP contribution is -2.15. The van der Waals surface area contributed by atoms with Crippen LogP contribution in [-0.4, -0.2) is 23.1 Å². The topological polar surface area (TPSA) is 80.3 Å². The zero-order chi connectivity index (χ0) is 17.4. The van der Waals surface area contributed by atoms with Crippen LogP contribution in [0.1, 0.15) is 16.7 Å². The SMILES string of the molecule is Cc1ccc(S(=O)(=O)Nc2cc(S(C)(=O)=O)ccc2C)c(C)c1. The predicted octanol–water partition coefficient (Wildman–Crippen LogP) is 2.82. The lowest BCUT2D eigenvalue weighted by molar-refractivity contribution is 0.598. The monoisotopic (exact) mass is 353 g/mol. The second-order valence-electron chi connectivity index (χ2n) is 5.62. The van der Waals surface area contributed by atoms with Crippen molar-refractivity contribution in [2.75, 3.05) is 11.0 Å². The van der Waals surface area contributed by atoms with Gasteiger partial charge in [0.1, 0.15) is 0 Å². The minimum atomic E-state index is -3.79. The summed E-state index contributed by atoms with van der Waals surface area (Å²) in [4.78, 5) is 0.244. The fourth-order valence-corrected chi connectivity index (χ4v) is 4.24. The van der Waals surface area contributed by atoms with Gasteiger partial charge in [-0.2, -0.15) is 0 Å². The third-order valence-electron chi connectivity index (χ3n) is 3.50. The van der Waals surface area contributed by atoms with E-state index in [1.54, 1.807) is 38.1 Å². The van der Waals surface area contributed by atoms with E-state index < -0.39 is 19.9 Å². The molecule has 5 nitrogen and oxygen atoms in total. The summed E-state index contributed by atoms with van der Waals surface area (Å²) in [7, 11) is -7.20. The Hall–Kier alpha value is -1.86.